The Labute approximate surface area is 128 Å². The van der Waals surface area contributed by atoms with Crippen LogP contribution in [0.1, 0.15) is 50.6 Å². The molecule has 0 aromatic heterocycles. The summed E-state index contributed by atoms with van der Waals surface area (Å²) in [6, 6.07) is 9.36. The second-order valence-corrected chi connectivity index (χ2v) is 6.25. The SMILES string of the molecule is CCNC(CCN(C)C1CCCC1)c1ccccc1Cl. The van der Waals surface area contributed by atoms with E-state index in [1.165, 1.54) is 31.2 Å². The van der Waals surface area contributed by atoms with Gasteiger partial charge in [-0.25, -0.2) is 0 Å². The van der Waals surface area contributed by atoms with Crippen molar-refractivity contribution in [2.75, 3.05) is 20.1 Å². The molecule has 1 atom stereocenters. The molecule has 3 heteroatoms. The molecule has 0 amide bonds. The van der Waals surface area contributed by atoms with Crippen molar-refractivity contribution in [1.29, 1.82) is 0 Å². The van der Waals surface area contributed by atoms with Crippen LogP contribution in [0.15, 0.2) is 24.3 Å². The fourth-order valence-corrected chi connectivity index (χ4v) is 3.50. The van der Waals surface area contributed by atoms with Crippen molar-refractivity contribution in [3.8, 4) is 0 Å². The summed E-state index contributed by atoms with van der Waals surface area (Å²) >= 11 is 6.34. The van der Waals surface area contributed by atoms with Crippen LogP contribution in [0.4, 0.5) is 0 Å². The number of hydrogen-bond acceptors (Lipinski definition) is 2. The lowest BCUT2D eigenvalue weighted by Gasteiger charge is -2.27. The average molecular weight is 295 g/mol. The van der Waals surface area contributed by atoms with E-state index in [2.05, 4.69) is 36.3 Å². The molecule has 1 saturated carbocycles. The lowest BCUT2D eigenvalue weighted by atomic mass is 10.0. The summed E-state index contributed by atoms with van der Waals surface area (Å²) in [7, 11) is 2.27. The summed E-state index contributed by atoms with van der Waals surface area (Å²) in [6.45, 7) is 4.26. The van der Waals surface area contributed by atoms with Crippen LogP contribution in [0.25, 0.3) is 0 Å². The van der Waals surface area contributed by atoms with E-state index in [4.69, 9.17) is 11.6 Å². The van der Waals surface area contributed by atoms with Crippen molar-refractivity contribution in [2.24, 2.45) is 0 Å². The molecule has 1 aromatic carbocycles. The van der Waals surface area contributed by atoms with Gasteiger partial charge in [-0.3, -0.25) is 0 Å². The third kappa shape index (κ3) is 4.21. The molecule has 0 heterocycles. The molecule has 0 bridgehead atoms. The van der Waals surface area contributed by atoms with E-state index in [1.807, 2.05) is 12.1 Å². The van der Waals surface area contributed by atoms with E-state index in [1.54, 1.807) is 0 Å². The van der Waals surface area contributed by atoms with Crippen molar-refractivity contribution in [2.45, 2.75) is 51.1 Å². The number of hydrogen-bond donors (Lipinski definition) is 1. The smallest absolute Gasteiger partial charge is 0.0453 e. The summed E-state index contributed by atoms with van der Waals surface area (Å²) in [5, 5.41) is 4.45. The molecule has 0 spiro atoms. The lowest BCUT2D eigenvalue weighted by Crippen LogP contribution is -2.33. The maximum absolute atomic E-state index is 6.34. The molecule has 0 radical (unpaired) electrons. The molecule has 1 N–H and O–H groups in total. The summed E-state index contributed by atoms with van der Waals surface area (Å²) in [5.74, 6) is 0. The Kier molecular flexibility index (Phi) is 6.34. The Bertz CT molecular complexity index is 402. The molecule has 0 aliphatic heterocycles. The van der Waals surface area contributed by atoms with Crippen LogP contribution in [0.3, 0.4) is 0 Å². The highest BCUT2D eigenvalue weighted by molar-refractivity contribution is 6.31. The fraction of sp³-hybridized carbons (Fsp3) is 0.647. The highest BCUT2D eigenvalue weighted by Crippen LogP contribution is 2.27. The largest absolute Gasteiger partial charge is 0.310 e. The van der Waals surface area contributed by atoms with E-state index in [0.29, 0.717) is 6.04 Å². The van der Waals surface area contributed by atoms with Crippen LogP contribution >= 0.6 is 11.6 Å². The van der Waals surface area contributed by atoms with Gasteiger partial charge in [-0.15, -0.1) is 0 Å². The molecule has 2 nitrogen and oxygen atoms in total. The van der Waals surface area contributed by atoms with E-state index >= 15 is 0 Å². The molecule has 1 fully saturated rings. The van der Waals surface area contributed by atoms with E-state index < -0.39 is 0 Å². The molecule has 20 heavy (non-hydrogen) atoms. The quantitative estimate of drug-likeness (QED) is 0.808. The van der Waals surface area contributed by atoms with Crippen LogP contribution in [-0.2, 0) is 0 Å². The number of nitrogens with one attached hydrogen (secondary N) is 1. The maximum atomic E-state index is 6.34. The minimum absolute atomic E-state index is 0.359. The normalized spacial score (nSPS) is 17.8. The van der Waals surface area contributed by atoms with Gasteiger partial charge in [0.1, 0.15) is 0 Å². The van der Waals surface area contributed by atoms with Crippen LogP contribution in [0, 0.1) is 0 Å². The van der Waals surface area contributed by atoms with Gasteiger partial charge in [0.15, 0.2) is 0 Å². The van der Waals surface area contributed by atoms with E-state index in [-0.39, 0.29) is 0 Å². The Morgan fingerprint density at radius 3 is 2.65 bits per heavy atom. The first-order valence-electron chi connectivity index (χ1n) is 7.90. The topological polar surface area (TPSA) is 15.3 Å². The average Bonchev–Trinajstić information content (AvgIpc) is 2.98. The molecule has 0 saturated heterocycles. The van der Waals surface area contributed by atoms with Gasteiger partial charge in [-0.2, -0.15) is 0 Å². The van der Waals surface area contributed by atoms with Gasteiger partial charge >= 0.3 is 0 Å². The standard InChI is InChI=1S/C17H27ClN2/c1-3-19-17(15-10-6-7-11-16(15)18)12-13-20(2)14-8-4-5-9-14/h6-7,10-11,14,17,19H,3-5,8-9,12-13H2,1-2H3. The van der Waals surface area contributed by atoms with Gasteiger partial charge in [-0.1, -0.05) is 49.6 Å². The van der Waals surface area contributed by atoms with E-state index in [9.17, 15) is 0 Å². The predicted octanol–water partition coefficient (Wildman–Crippen LogP) is 4.26. The third-order valence-corrected chi connectivity index (χ3v) is 4.79. The molecule has 2 rings (SSSR count). The van der Waals surface area contributed by atoms with Crippen molar-refractivity contribution in [1.82, 2.24) is 10.2 Å². The van der Waals surface area contributed by atoms with Crippen LogP contribution in [0.5, 0.6) is 0 Å². The zero-order valence-electron chi connectivity index (χ0n) is 12.7. The summed E-state index contributed by atoms with van der Waals surface area (Å²) in [5.41, 5.74) is 1.23. The van der Waals surface area contributed by atoms with Crippen LogP contribution < -0.4 is 5.32 Å². The van der Waals surface area contributed by atoms with Crippen molar-refractivity contribution in [3.05, 3.63) is 34.9 Å². The summed E-state index contributed by atoms with van der Waals surface area (Å²) in [4.78, 5) is 2.54. The van der Waals surface area contributed by atoms with Crippen molar-refractivity contribution < 1.29 is 0 Å². The van der Waals surface area contributed by atoms with Gasteiger partial charge in [0.05, 0.1) is 0 Å². The first kappa shape index (κ1) is 15.8. The fourth-order valence-electron chi connectivity index (χ4n) is 3.23. The van der Waals surface area contributed by atoms with Gasteiger partial charge < -0.3 is 10.2 Å². The molecule has 1 aliphatic rings. The highest BCUT2D eigenvalue weighted by Gasteiger charge is 2.21. The Morgan fingerprint density at radius 2 is 2.00 bits per heavy atom. The number of benzene rings is 1. The second-order valence-electron chi connectivity index (χ2n) is 5.84. The monoisotopic (exact) mass is 294 g/mol. The van der Waals surface area contributed by atoms with Gasteiger partial charge in [0, 0.05) is 17.1 Å². The van der Waals surface area contributed by atoms with E-state index in [0.717, 1.165) is 30.6 Å². The predicted molar refractivity (Wildman–Crippen MR) is 87.4 cm³/mol. The molecular formula is C17H27ClN2. The Morgan fingerprint density at radius 1 is 1.30 bits per heavy atom. The van der Waals surface area contributed by atoms with Crippen molar-refractivity contribution in [3.63, 3.8) is 0 Å². The van der Waals surface area contributed by atoms with Gasteiger partial charge in [0.25, 0.3) is 0 Å². The van der Waals surface area contributed by atoms with Crippen LogP contribution in [-0.4, -0.2) is 31.1 Å². The first-order chi connectivity index (χ1) is 9.72. The maximum Gasteiger partial charge on any atom is 0.0453 e. The van der Waals surface area contributed by atoms with Crippen LogP contribution in [0.2, 0.25) is 5.02 Å². The van der Waals surface area contributed by atoms with Crippen molar-refractivity contribution >= 4 is 11.6 Å². The summed E-state index contributed by atoms with van der Waals surface area (Å²) < 4.78 is 0. The summed E-state index contributed by atoms with van der Waals surface area (Å²) in [6.07, 6.45) is 6.65. The minimum atomic E-state index is 0.359. The molecule has 1 aromatic rings. The molecule has 1 unspecified atom stereocenters. The molecule has 112 valence electrons. The zero-order chi connectivity index (χ0) is 14.4. The van der Waals surface area contributed by atoms with Gasteiger partial charge in [-0.05, 0) is 51.0 Å². The Balaban J connectivity index is 1.93. The minimum Gasteiger partial charge on any atom is -0.310 e. The number of halogens is 1. The zero-order valence-corrected chi connectivity index (χ0v) is 13.5. The third-order valence-electron chi connectivity index (χ3n) is 4.45. The van der Waals surface area contributed by atoms with Gasteiger partial charge in [0.2, 0.25) is 0 Å². The number of nitrogens with zero attached hydrogens (tertiary/aromatic N) is 1. The first-order valence-corrected chi connectivity index (χ1v) is 8.28. The Hall–Kier alpha value is -0.570. The molecule has 1 aliphatic carbocycles. The molecular weight excluding hydrogens is 268 g/mol. The highest BCUT2D eigenvalue weighted by atomic mass is 35.5. The number of rotatable bonds is 7. The lowest BCUT2D eigenvalue weighted by molar-refractivity contribution is 0.232. The second kappa shape index (κ2) is 8.02.